The van der Waals surface area contributed by atoms with E-state index in [4.69, 9.17) is 4.74 Å². The van der Waals surface area contributed by atoms with Crippen LogP contribution in [0.15, 0.2) is 42.5 Å². The standard InChI is InChI=1S/C18H22N2O4S/c1-4-12-25(22,23)20-17-7-5-6-16(13(17)2)19-18(21)14-8-10-15(24-3)11-9-14/h5-11,20H,4,12H2,1-3H3,(H,19,21). The van der Waals surface area contributed by atoms with E-state index in [-0.39, 0.29) is 11.7 Å². The molecule has 0 radical (unpaired) electrons. The number of carbonyl (C=O) groups excluding carboxylic acids is 1. The van der Waals surface area contributed by atoms with Crippen LogP contribution < -0.4 is 14.8 Å². The largest absolute Gasteiger partial charge is 0.497 e. The molecule has 0 aliphatic carbocycles. The Bertz CT molecular complexity index is 846. The molecule has 0 aliphatic rings. The number of hydrogen-bond donors (Lipinski definition) is 2. The zero-order valence-corrected chi connectivity index (χ0v) is 15.3. The Hall–Kier alpha value is -2.54. The van der Waals surface area contributed by atoms with Crippen molar-refractivity contribution in [2.75, 3.05) is 22.9 Å². The number of methoxy groups -OCH3 is 1. The number of amides is 1. The first kappa shape index (κ1) is 18.8. The Balaban J connectivity index is 2.19. The van der Waals surface area contributed by atoms with Crippen molar-refractivity contribution in [1.82, 2.24) is 0 Å². The maximum atomic E-state index is 12.4. The Labute approximate surface area is 148 Å². The lowest BCUT2D eigenvalue weighted by Crippen LogP contribution is -2.18. The zero-order chi connectivity index (χ0) is 18.4. The third-order valence-corrected chi connectivity index (χ3v) is 5.15. The Morgan fingerprint density at radius 3 is 2.32 bits per heavy atom. The number of benzene rings is 2. The highest BCUT2D eigenvalue weighted by Gasteiger charge is 2.14. The van der Waals surface area contributed by atoms with E-state index in [1.165, 1.54) is 0 Å². The van der Waals surface area contributed by atoms with Gasteiger partial charge in [0.25, 0.3) is 5.91 Å². The predicted molar refractivity (Wildman–Crippen MR) is 99.8 cm³/mol. The summed E-state index contributed by atoms with van der Waals surface area (Å²) in [5.74, 6) is 0.439. The molecule has 134 valence electrons. The quantitative estimate of drug-likeness (QED) is 0.790. The van der Waals surface area contributed by atoms with Crippen LogP contribution in [0.3, 0.4) is 0 Å². The Kier molecular flexibility index (Phi) is 6.03. The molecule has 6 nitrogen and oxygen atoms in total. The molecule has 7 heteroatoms. The fourth-order valence-corrected chi connectivity index (χ4v) is 3.50. The van der Waals surface area contributed by atoms with Gasteiger partial charge in [0, 0.05) is 11.3 Å². The molecule has 0 bridgehead atoms. The summed E-state index contributed by atoms with van der Waals surface area (Å²) in [5.41, 5.74) is 2.15. The third kappa shape index (κ3) is 4.96. The average Bonchev–Trinajstić information content (AvgIpc) is 2.58. The van der Waals surface area contributed by atoms with E-state index in [0.717, 1.165) is 0 Å². The van der Waals surface area contributed by atoms with E-state index in [9.17, 15) is 13.2 Å². The van der Waals surface area contributed by atoms with Gasteiger partial charge in [0.05, 0.1) is 18.6 Å². The molecule has 1 amide bonds. The maximum Gasteiger partial charge on any atom is 0.255 e. The van der Waals surface area contributed by atoms with Crippen LogP contribution in [0, 0.1) is 6.92 Å². The molecule has 25 heavy (non-hydrogen) atoms. The number of carbonyl (C=O) groups is 1. The van der Waals surface area contributed by atoms with E-state index in [2.05, 4.69) is 10.0 Å². The van der Waals surface area contributed by atoms with Gasteiger partial charge in [0.15, 0.2) is 0 Å². The maximum absolute atomic E-state index is 12.4. The molecule has 0 aromatic heterocycles. The normalized spacial score (nSPS) is 11.0. The van der Waals surface area contributed by atoms with Gasteiger partial charge in [-0.1, -0.05) is 13.0 Å². The number of ether oxygens (including phenoxy) is 1. The molecule has 0 fully saturated rings. The topological polar surface area (TPSA) is 84.5 Å². The van der Waals surface area contributed by atoms with Crippen molar-refractivity contribution in [3.05, 3.63) is 53.6 Å². The van der Waals surface area contributed by atoms with Gasteiger partial charge < -0.3 is 10.1 Å². The molecule has 0 saturated heterocycles. The first-order valence-corrected chi connectivity index (χ1v) is 9.57. The second-order valence-electron chi connectivity index (χ2n) is 5.58. The second-order valence-corrected chi connectivity index (χ2v) is 7.42. The SMILES string of the molecule is CCCS(=O)(=O)Nc1cccc(NC(=O)c2ccc(OC)cc2)c1C. The van der Waals surface area contributed by atoms with Crippen molar-refractivity contribution in [1.29, 1.82) is 0 Å². The van der Waals surface area contributed by atoms with Crippen molar-refractivity contribution in [3.63, 3.8) is 0 Å². The van der Waals surface area contributed by atoms with Crippen LogP contribution >= 0.6 is 0 Å². The van der Waals surface area contributed by atoms with Crippen LogP contribution in [-0.4, -0.2) is 27.2 Å². The van der Waals surface area contributed by atoms with E-state index in [1.54, 1.807) is 63.4 Å². The monoisotopic (exact) mass is 362 g/mol. The molecule has 0 saturated carbocycles. The van der Waals surface area contributed by atoms with E-state index >= 15 is 0 Å². The van der Waals surface area contributed by atoms with Crippen LogP contribution in [0.5, 0.6) is 5.75 Å². The molecular weight excluding hydrogens is 340 g/mol. The molecule has 0 spiro atoms. The summed E-state index contributed by atoms with van der Waals surface area (Å²) in [6.07, 6.45) is 0.530. The summed E-state index contributed by atoms with van der Waals surface area (Å²) >= 11 is 0. The number of anilines is 2. The van der Waals surface area contributed by atoms with Crippen molar-refractivity contribution in [2.45, 2.75) is 20.3 Å². The Morgan fingerprint density at radius 1 is 1.08 bits per heavy atom. The highest BCUT2D eigenvalue weighted by molar-refractivity contribution is 7.92. The summed E-state index contributed by atoms with van der Waals surface area (Å²) < 4.78 is 31.5. The van der Waals surface area contributed by atoms with Crippen molar-refractivity contribution in [2.24, 2.45) is 0 Å². The van der Waals surface area contributed by atoms with Crippen LogP contribution in [0.25, 0.3) is 0 Å². The fraction of sp³-hybridized carbons (Fsp3) is 0.278. The number of nitrogens with one attached hydrogen (secondary N) is 2. The van der Waals surface area contributed by atoms with Gasteiger partial charge in [-0.2, -0.15) is 0 Å². The van der Waals surface area contributed by atoms with Gasteiger partial charge in [0.1, 0.15) is 5.75 Å². The number of rotatable bonds is 7. The van der Waals surface area contributed by atoms with E-state index in [0.29, 0.717) is 34.7 Å². The highest BCUT2D eigenvalue weighted by Crippen LogP contribution is 2.25. The molecule has 2 aromatic carbocycles. The van der Waals surface area contributed by atoms with Gasteiger partial charge in [-0.05, 0) is 55.3 Å². The van der Waals surface area contributed by atoms with Gasteiger partial charge >= 0.3 is 0 Å². The number of sulfonamides is 1. The van der Waals surface area contributed by atoms with Crippen LogP contribution in [0.1, 0.15) is 29.3 Å². The minimum absolute atomic E-state index is 0.0505. The molecule has 0 unspecified atom stereocenters. The Morgan fingerprint density at radius 2 is 1.72 bits per heavy atom. The van der Waals surface area contributed by atoms with Crippen LogP contribution in [-0.2, 0) is 10.0 Å². The molecular formula is C18H22N2O4S. The fourth-order valence-electron chi connectivity index (χ4n) is 2.31. The molecule has 2 N–H and O–H groups in total. The molecule has 2 rings (SSSR count). The van der Waals surface area contributed by atoms with Gasteiger partial charge in [0.2, 0.25) is 10.0 Å². The summed E-state index contributed by atoms with van der Waals surface area (Å²) in [5, 5.41) is 2.81. The lowest BCUT2D eigenvalue weighted by atomic mass is 10.1. The minimum atomic E-state index is -3.39. The van der Waals surface area contributed by atoms with Crippen molar-refractivity contribution >= 4 is 27.3 Å². The van der Waals surface area contributed by atoms with Crippen LogP contribution in [0.2, 0.25) is 0 Å². The molecule has 0 aliphatic heterocycles. The second kappa shape index (κ2) is 8.02. The van der Waals surface area contributed by atoms with Crippen molar-refractivity contribution < 1.29 is 17.9 Å². The van der Waals surface area contributed by atoms with E-state index < -0.39 is 10.0 Å². The molecule has 0 atom stereocenters. The summed E-state index contributed by atoms with van der Waals surface area (Å²) in [6, 6.07) is 11.8. The average molecular weight is 362 g/mol. The smallest absolute Gasteiger partial charge is 0.255 e. The van der Waals surface area contributed by atoms with Crippen LogP contribution in [0.4, 0.5) is 11.4 Å². The lowest BCUT2D eigenvalue weighted by molar-refractivity contribution is 0.102. The highest BCUT2D eigenvalue weighted by atomic mass is 32.2. The van der Waals surface area contributed by atoms with Gasteiger partial charge in [-0.25, -0.2) is 8.42 Å². The number of hydrogen-bond acceptors (Lipinski definition) is 4. The lowest BCUT2D eigenvalue weighted by Gasteiger charge is -2.14. The minimum Gasteiger partial charge on any atom is -0.497 e. The van der Waals surface area contributed by atoms with Gasteiger partial charge in [-0.3, -0.25) is 9.52 Å². The summed E-state index contributed by atoms with van der Waals surface area (Å²) in [4.78, 5) is 12.4. The third-order valence-electron chi connectivity index (χ3n) is 3.67. The van der Waals surface area contributed by atoms with Gasteiger partial charge in [-0.15, -0.1) is 0 Å². The molecule has 0 heterocycles. The predicted octanol–water partition coefficient (Wildman–Crippen LogP) is 3.41. The first-order valence-electron chi connectivity index (χ1n) is 7.92. The van der Waals surface area contributed by atoms with Crippen molar-refractivity contribution in [3.8, 4) is 5.75 Å². The summed E-state index contributed by atoms with van der Waals surface area (Å²) in [6.45, 7) is 3.56. The zero-order valence-electron chi connectivity index (χ0n) is 14.5. The van der Waals surface area contributed by atoms with E-state index in [1.807, 2.05) is 0 Å². The summed E-state index contributed by atoms with van der Waals surface area (Å²) in [7, 11) is -1.83. The molecule has 2 aromatic rings. The first-order chi connectivity index (χ1) is 11.9.